The van der Waals surface area contributed by atoms with Gasteiger partial charge in [0.2, 0.25) is 0 Å². The molecule has 3 heteroatoms. The number of anilines is 1. The molecule has 0 unspecified atom stereocenters. The topological polar surface area (TPSA) is 41.1 Å². The Labute approximate surface area is 166 Å². The molecule has 3 nitrogen and oxygen atoms in total. The lowest BCUT2D eigenvalue weighted by molar-refractivity contribution is 0.250. The van der Waals surface area contributed by atoms with Crippen LogP contribution in [0.15, 0.2) is 109 Å². The molecule has 3 aromatic carbocycles. The van der Waals surface area contributed by atoms with Gasteiger partial charge < -0.3 is 10.6 Å². The summed E-state index contributed by atoms with van der Waals surface area (Å²) in [5.74, 6) is 0. The molecule has 0 aliphatic heterocycles. The van der Waals surface area contributed by atoms with E-state index >= 15 is 0 Å². The van der Waals surface area contributed by atoms with Crippen LogP contribution in [0.4, 0.5) is 10.5 Å². The summed E-state index contributed by atoms with van der Waals surface area (Å²) in [6.45, 7) is 4.16. The van der Waals surface area contributed by atoms with Crippen LogP contribution in [-0.2, 0) is 5.41 Å². The smallest absolute Gasteiger partial charge is 0.319 e. The number of carbonyl (C=O) groups excluding carboxylic acids is 1. The molecule has 140 valence electrons. The number of carbonyl (C=O) groups is 1. The number of amides is 2. The van der Waals surface area contributed by atoms with Crippen molar-refractivity contribution in [3.05, 3.63) is 121 Å². The van der Waals surface area contributed by atoms with Gasteiger partial charge in [-0.05, 0) is 35.8 Å². The van der Waals surface area contributed by atoms with Gasteiger partial charge in [-0.3, -0.25) is 0 Å². The average Bonchev–Trinajstić information content (AvgIpc) is 2.76. The molecule has 0 aliphatic carbocycles. The molecule has 0 heterocycles. The molecular weight excluding hydrogens is 344 g/mol. The molecule has 2 N–H and O–H groups in total. The Morgan fingerprint density at radius 1 is 0.857 bits per heavy atom. The minimum Gasteiger partial charge on any atom is -0.337 e. The van der Waals surface area contributed by atoms with Crippen molar-refractivity contribution in [2.24, 2.45) is 0 Å². The highest BCUT2D eigenvalue weighted by Crippen LogP contribution is 2.35. The van der Waals surface area contributed by atoms with Crippen LogP contribution in [0.3, 0.4) is 0 Å². The highest BCUT2D eigenvalue weighted by molar-refractivity contribution is 5.89. The van der Waals surface area contributed by atoms with Crippen LogP contribution in [0.1, 0.15) is 17.5 Å². The fraction of sp³-hybridized carbons (Fsp3) is 0.120. The molecule has 0 fully saturated rings. The highest BCUT2D eigenvalue weighted by Gasteiger charge is 2.33. The summed E-state index contributed by atoms with van der Waals surface area (Å²) < 4.78 is 0. The number of urea groups is 1. The van der Waals surface area contributed by atoms with Gasteiger partial charge in [0.1, 0.15) is 0 Å². The predicted molar refractivity (Wildman–Crippen MR) is 115 cm³/mol. The summed E-state index contributed by atoms with van der Waals surface area (Å²) in [6.07, 6.45) is 2.60. The lowest BCUT2D eigenvalue weighted by Gasteiger charge is -2.34. The van der Waals surface area contributed by atoms with Gasteiger partial charge in [-0.25, -0.2) is 4.79 Å². The average molecular weight is 368 g/mol. The maximum absolute atomic E-state index is 12.5. The Kier molecular flexibility index (Phi) is 6.46. The molecule has 0 bridgehead atoms. The first-order valence-electron chi connectivity index (χ1n) is 9.30. The van der Waals surface area contributed by atoms with E-state index in [0.29, 0.717) is 13.0 Å². The standard InChI is InChI=1S/C25H24N2O/c1-2-3-19-25(21-13-7-4-8-14-21,22-15-9-5-10-16-22)20-26-24(28)27-23-17-11-6-12-18-23/h3-18H,1,19-20H2,(H2,26,27,28). The van der Waals surface area contributed by atoms with Crippen molar-refractivity contribution in [3.8, 4) is 0 Å². The number of para-hydroxylation sites is 1. The number of benzene rings is 3. The van der Waals surface area contributed by atoms with Crippen LogP contribution in [0.25, 0.3) is 0 Å². The molecule has 0 spiro atoms. The third-order valence-corrected chi connectivity index (χ3v) is 4.83. The largest absolute Gasteiger partial charge is 0.337 e. The fourth-order valence-electron chi connectivity index (χ4n) is 3.37. The van der Waals surface area contributed by atoms with E-state index in [1.165, 1.54) is 0 Å². The van der Waals surface area contributed by atoms with Gasteiger partial charge in [0.25, 0.3) is 0 Å². The van der Waals surface area contributed by atoms with E-state index in [1.807, 2.05) is 72.8 Å². The molecule has 3 aromatic rings. The van der Waals surface area contributed by atoms with Crippen molar-refractivity contribution >= 4 is 11.7 Å². The van der Waals surface area contributed by atoms with Crippen molar-refractivity contribution in [3.63, 3.8) is 0 Å². The van der Waals surface area contributed by atoms with Crippen molar-refractivity contribution in [1.29, 1.82) is 0 Å². The third kappa shape index (κ3) is 4.59. The van der Waals surface area contributed by atoms with Crippen LogP contribution in [0.5, 0.6) is 0 Å². The summed E-state index contributed by atoms with van der Waals surface area (Å²) in [4.78, 5) is 12.5. The van der Waals surface area contributed by atoms with Crippen molar-refractivity contribution in [1.82, 2.24) is 5.32 Å². The SMILES string of the molecule is C=C=CCC(CNC(=O)Nc1ccccc1)(c1ccccc1)c1ccccc1. The Morgan fingerprint density at radius 2 is 1.36 bits per heavy atom. The van der Waals surface area contributed by atoms with Crippen molar-refractivity contribution < 1.29 is 4.79 Å². The number of hydrogen-bond donors (Lipinski definition) is 2. The Hall–Kier alpha value is -3.55. The van der Waals surface area contributed by atoms with E-state index in [4.69, 9.17) is 0 Å². The van der Waals surface area contributed by atoms with Gasteiger partial charge in [0.15, 0.2) is 0 Å². The van der Waals surface area contributed by atoms with Gasteiger partial charge in [0, 0.05) is 17.6 Å². The molecular formula is C25H24N2O. The molecule has 28 heavy (non-hydrogen) atoms. The van der Waals surface area contributed by atoms with Crippen LogP contribution in [0, 0.1) is 0 Å². The van der Waals surface area contributed by atoms with Crippen LogP contribution < -0.4 is 10.6 Å². The number of allylic oxidation sites excluding steroid dienone is 1. The van der Waals surface area contributed by atoms with Gasteiger partial charge in [-0.2, -0.15) is 0 Å². The lowest BCUT2D eigenvalue weighted by atomic mass is 9.72. The van der Waals surface area contributed by atoms with E-state index in [-0.39, 0.29) is 6.03 Å². The van der Waals surface area contributed by atoms with E-state index in [2.05, 4.69) is 47.2 Å². The zero-order chi connectivity index (χ0) is 19.7. The molecule has 0 saturated carbocycles. The summed E-state index contributed by atoms with van der Waals surface area (Å²) in [5, 5.41) is 5.95. The van der Waals surface area contributed by atoms with E-state index in [0.717, 1.165) is 16.8 Å². The van der Waals surface area contributed by atoms with Crippen LogP contribution >= 0.6 is 0 Å². The predicted octanol–water partition coefficient (Wildman–Crippen LogP) is 5.53. The summed E-state index contributed by atoms with van der Waals surface area (Å²) in [6, 6.07) is 29.7. The zero-order valence-electron chi connectivity index (χ0n) is 15.8. The van der Waals surface area contributed by atoms with Gasteiger partial charge in [-0.15, -0.1) is 5.73 Å². The van der Waals surface area contributed by atoms with Gasteiger partial charge in [-0.1, -0.05) is 85.4 Å². The molecule has 2 amide bonds. The molecule has 0 aliphatic rings. The number of rotatable bonds is 7. The number of nitrogens with one attached hydrogen (secondary N) is 2. The maximum atomic E-state index is 12.5. The Morgan fingerprint density at radius 3 is 1.86 bits per heavy atom. The summed E-state index contributed by atoms with van der Waals surface area (Å²) in [5.41, 5.74) is 5.50. The molecule has 0 atom stereocenters. The quantitative estimate of drug-likeness (QED) is 0.529. The molecule has 0 radical (unpaired) electrons. The van der Waals surface area contributed by atoms with E-state index < -0.39 is 5.41 Å². The van der Waals surface area contributed by atoms with Crippen LogP contribution in [-0.4, -0.2) is 12.6 Å². The summed E-state index contributed by atoms with van der Waals surface area (Å²) >= 11 is 0. The molecule has 0 aromatic heterocycles. The summed E-state index contributed by atoms with van der Waals surface area (Å²) in [7, 11) is 0. The monoisotopic (exact) mass is 368 g/mol. The second-order valence-electron chi connectivity index (χ2n) is 6.60. The molecule has 3 rings (SSSR count). The minimum atomic E-state index is -0.415. The Balaban J connectivity index is 1.91. The Bertz CT molecular complexity index is 891. The first-order valence-corrected chi connectivity index (χ1v) is 9.30. The first kappa shape index (κ1) is 19.2. The van der Waals surface area contributed by atoms with E-state index in [1.54, 1.807) is 0 Å². The van der Waals surface area contributed by atoms with Crippen LogP contribution in [0.2, 0.25) is 0 Å². The third-order valence-electron chi connectivity index (χ3n) is 4.83. The first-order chi connectivity index (χ1) is 13.7. The second-order valence-corrected chi connectivity index (χ2v) is 6.60. The van der Waals surface area contributed by atoms with Gasteiger partial charge in [0.05, 0.1) is 0 Å². The maximum Gasteiger partial charge on any atom is 0.319 e. The van der Waals surface area contributed by atoms with Crippen molar-refractivity contribution in [2.75, 3.05) is 11.9 Å². The minimum absolute atomic E-state index is 0.231. The van der Waals surface area contributed by atoms with Crippen molar-refractivity contribution in [2.45, 2.75) is 11.8 Å². The fourth-order valence-corrected chi connectivity index (χ4v) is 3.37. The lowest BCUT2D eigenvalue weighted by Crippen LogP contribution is -2.43. The second kappa shape index (κ2) is 9.40. The van der Waals surface area contributed by atoms with E-state index in [9.17, 15) is 4.79 Å². The highest BCUT2D eigenvalue weighted by atomic mass is 16.2. The number of hydrogen-bond acceptors (Lipinski definition) is 1. The zero-order valence-corrected chi connectivity index (χ0v) is 15.8. The normalized spacial score (nSPS) is 10.6. The molecule has 0 saturated heterocycles. The van der Waals surface area contributed by atoms with Gasteiger partial charge >= 0.3 is 6.03 Å².